The van der Waals surface area contributed by atoms with E-state index >= 15 is 0 Å². The van der Waals surface area contributed by atoms with Crippen LogP contribution in [0.15, 0.2) is 29.2 Å². The van der Waals surface area contributed by atoms with Gasteiger partial charge >= 0.3 is 0 Å². The first-order valence-electron chi connectivity index (χ1n) is 9.78. The van der Waals surface area contributed by atoms with Crippen LogP contribution in [0.25, 0.3) is 0 Å². The fourth-order valence-electron chi connectivity index (χ4n) is 3.52. The van der Waals surface area contributed by atoms with Crippen LogP contribution in [0.2, 0.25) is 0 Å². The van der Waals surface area contributed by atoms with E-state index in [1.807, 2.05) is 0 Å². The molecule has 1 unspecified atom stereocenters. The van der Waals surface area contributed by atoms with Crippen molar-refractivity contribution >= 4 is 11.8 Å². The van der Waals surface area contributed by atoms with E-state index < -0.39 is 46.4 Å². The molecule has 1 aromatic carbocycles. The van der Waals surface area contributed by atoms with Crippen LogP contribution in [0.1, 0.15) is 47.2 Å². The van der Waals surface area contributed by atoms with Crippen LogP contribution in [-0.4, -0.2) is 45.3 Å². The summed E-state index contributed by atoms with van der Waals surface area (Å²) in [7, 11) is 0. The summed E-state index contributed by atoms with van der Waals surface area (Å²) in [6.45, 7) is 5.48. The van der Waals surface area contributed by atoms with E-state index in [0.29, 0.717) is 12.7 Å². The lowest BCUT2D eigenvalue weighted by atomic mass is 10.1. The summed E-state index contributed by atoms with van der Waals surface area (Å²) < 4.78 is 33.7. The van der Waals surface area contributed by atoms with Crippen LogP contribution < -0.4 is 10.7 Å². The van der Waals surface area contributed by atoms with Gasteiger partial charge in [-0.1, -0.05) is 6.07 Å². The Kier molecular flexibility index (Phi) is 6.40. The predicted molar refractivity (Wildman–Crippen MR) is 107 cm³/mol. The van der Waals surface area contributed by atoms with Crippen LogP contribution in [0.5, 0.6) is 5.75 Å². The van der Waals surface area contributed by atoms with Crippen LogP contribution in [0.4, 0.5) is 8.78 Å². The Balaban J connectivity index is 1.93. The zero-order chi connectivity index (χ0) is 22.9. The van der Waals surface area contributed by atoms with Gasteiger partial charge in [0.05, 0.1) is 6.54 Å². The summed E-state index contributed by atoms with van der Waals surface area (Å²) in [5, 5.41) is 12.8. The van der Waals surface area contributed by atoms with Crippen molar-refractivity contribution < 1.29 is 28.2 Å². The van der Waals surface area contributed by atoms with E-state index in [0.717, 1.165) is 6.07 Å². The summed E-state index contributed by atoms with van der Waals surface area (Å²) in [6, 6.07) is 2.65. The van der Waals surface area contributed by atoms with Gasteiger partial charge in [0, 0.05) is 37.0 Å². The lowest BCUT2D eigenvalue weighted by Gasteiger charge is -2.39. The van der Waals surface area contributed by atoms with Crippen LogP contribution >= 0.6 is 0 Å². The molecule has 0 saturated carbocycles. The van der Waals surface area contributed by atoms with Gasteiger partial charge in [-0.3, -0.25) is 14.4 Å². The van der Waals surface area contributed by atoms with Gasteiger partial charge in [0.1, 0.15) is 17.2 Å². The zero-order valence-electron chi connectivity index (χ0n) is 17.3. The van der Waals surface area contributed by atoms with Crippen molar-refractivity contribution in [1.29, 1.82) is 0 Å². The number of hydrogen-bond acceptors (Lipinski definition) is 5. The van der Waals surface area contributed by atoms with Crippen LogP contribution in [-0.2, 0) is 17.8 Å². The van der Waals surface area contributed by atoms with Crippen molar-refractivity contribution in [2.75, 3.05) is 6.61 Å². The maximum atomic E-state index is 13.8. The Hall–Kier alpha value is -3.27. The molecule has 2 N–H and O–H groups in total. The van der Waals surface area contributed by atoms with Gasteiger partial charge in [0.2, 0.25) is 5.43 Å². The SMILES string of the molecule is CCOC1Cn2cc(C(=O)NCc3ccc(F)cc3F)c(=O)c(O)c2C(=O)N1C(C)C. The molecule has 2 aromatic rings. The second-order valence-electron chi connectivity index (χ2n) is 7.36. The summed E-state index contributed by atoms with van der Waals surface area (Å²) in [5.74, 6) is -3.90. The van der Waals surface area contributed by atoms with Crippen molar-refractivity contribution in [2.24, 2.45) is 0 Å². The van der Waals surface area contributed by atoms with Crippen molar-refractivity contribution in [3.05, 3.63) is 63.1 Å². The summed E-state index contributed by atoms with van der Waals surface area (Å²) in [6.07, 6.45) is 0.533. The molecular formula is C21H23F2N3O5. The summed E-state index contributed by atoms with van der Waals surface area (Å²) >= 11 is 0. The number of ether oxygens (including phenoxy) is 1. The number of aromatic nitrogens is 1. The lowest BCUT2D eigenvalue weighted by molar-refractivity contribution is -0.0690. The van der Waals surface area contributed by atoms with E-state index in [1.54, 1.807) is 20.8 Å². The number of carbonyl (C=O) groups is 2. The molecule has 1 aliphatic heterocycles. The predicted octanol–water partition coefficient (Wildman–Crippen LogP) is 1.99. The molecule has 1 atom stereocenters. The second-order valence-corrected chi connectivity index (χ2v) is 7.36. The first-order valence-corrected chi connectivity index (χ1v) is 9.78. The van der Waals surface area contributed by atoms with Gasteiger partial charge in [-0.2, -0.15) is 0 Å². The monoisotopic (exact) mass is 435 g/mol. The molecule has 3 rings (SSSR count). The molecule has 10 heteroatoms. The lowest BCUT2D eigenvalue weighted by Crippen LogP contribution is -2.53. The van der Waals surface area contributed by atoms with E-state index in [4.69, 9.17) is 4.74 Å². The number of aromatic hydroxyl groups is 1. The molecule has 166 valence electrons. The molecule has 2 heterocycles. The number of rotatable bonds is 6. The number of pyridine rings is 1. The molecule has 31 heavy (non-hydrogen) atoms. The first-order chi connectivity index (χ1) is 14.6. The third kappa shape index (κ3) is 4.29. The number of benzene rings is 1. The molecule has 1 aliphatic rings. The molecular weight excluding hydrogens is 412 g/mol. The fourth-order valence-corrected chi connectivity index (χ4v) is 3.52. The minimum Gasteiger partial charge on any atom is -0.503 e. The molecule has 8 nitrogen and oxygen atoms in total. The zero-order valence-corrected chi connectivity index (χ0v) is 17.3. The molecule has 0 aliphatic carbocycles. The summed E-state index contributed by atoms with van der Waals surface area (Å²) in [5.41, 5.74) is -1.63. The van der Waals surface area contributed by atoms with Gasteiger partial charge in [0.25, 0.3) is 11.8 Å². The van der Waals surface area contributed by atoms with Crippen molar-refractivity contribution in [1.82, 2.24) is 14.8 Å². The number of hydrogen-bond donors (Lipinski definition) is 2. The minimum atomic E-state index is -1.02. The second kappa shape index (κ2) is 8.84. The maximum absolute atomic E-state index is 13.8. The maximum Gasteiger partial charge on any atom is 0.276 e. The number of halogens is 2. The number of amides is 2. The highest BCUT2D eigenvalue weighted by molar-refractivity contribution is 5.99. The largest absolute Gasteiger partial charge is 0.503 e. The van der Waals surface area contributed by atoms with Crippen molar-refractivity contribution in [3.63, 3.8) is 0 Å². The smallest absolute Gasteiger partial charge is 0.276 e. The van der Waals surface area contributed by atoms with E-state index in [1.165, 1.54) is 21.7 Å². The van der Waals surface area contributed by atoms with Gasteiger partial charge in [-0.25, -0.2) is 8.78 Å². The van der Waals surface area contributed by atoms with E-state index in [9.17, 15) is 28.3 Å². The molecule has 0 spiro atoms. The minimum absolute atomic E-state index is 0.0243. The highest BCUT2D eigenvalue weighted by Crippen LogP contribution is 2.26. The third-order valence-electron chi connectivity index (χ3n) is 4.97. The Morgan fingerprint density at radius 3 is 2.65 bits per heavy atom. The molecule has 0 saturated heterocycles. The van der Waals surface area contributed by atoms with E-state index in [2.05, 4.69) is 5.32 Å². The standard InChI is InChI=1S/C21H23F2N3O5/c1-4-31-16-10-25-9-14(18(27)19(28)17(25)21(30)26(16)11(2)3)20(29)24-8-12-5-6-13(22)7-15(12)23/h5-7,9,11,16,28H,4,8,10H2,1-3H3,(H,24,29). The molecule has 2 amide bonds. The Bertz CT molecular complexity index is 1080. The Labute approximate surface area is 177 Å². The third-order valence-corrected chi connectivity index (χ3v) is 4.97. The van der Waals surface area contributed by atoms with Crippen molar-refractivity contribution in [3.8, 4) is 5.75 Å². The molecule has 0 radical (unpaired) electrons. The Morgan fingerprint density at radius 1 is 1.32 bits per heavy atom. The summed E-state index contributed by atoms with van der Waals surface area (Å²) in [4.78, 5) is 39.5. The average molecular weight is 435 g/mol. The van der Waals surface area contributed by atoms with E-state index in [-0.39, 0.29) is 30.4 Å². The average Bonchev–Trinajstić information content (AvgIpc) is 2.69. The molecule has 0 bridgehead atoms. The number of nitrogens with zero attached hydrogens (tertiary/aromatic N) is 2. The van der Waals surface area contributed by atoms with Gasteiger partial charge in [-0.05, 0) is 26.8 Å². The van der Waals surface area contributed by atoms with Gasteiger partial charge < -0.3 is 24.6 Å². The van der Waals surface area contributed by atoms with Crippen LogP contribution in [0, 0.1) is 11.6 Å². The van der Waals surface area contributed by atoms with Gasteiger partial charge in [-0.15, -0.1) is 0 Å². The fraction of sp³-hybridized carbons (Fsp3) is 0.381. The quantitative estimate of drug-likeness (QED) is 0.723. The van der Waals surface area contributed by atoms with Crippen molar-refractivity contribution in [2.45, 2.75) is 46.1 Å². The number of fused-ring (bicyclic) bond motifs is 1. The first kappa shape index (κ1) is 22.4. The van der Waals surface area contributed by atoms with Gasteiger partial charge in [0.15, 0.2) is 17.7 Å². The number of nitrogens with one attached hydrogen (secondary N) is 1. The number of carbonyl (C=O) groups excluding carboxylic acids is 2. The Morgan fingerprint density at radius 2 is 2.03 bits per heavy atom. The molecule has 1 aromatic heterocycles. The highest BCUT2D eigenvalue weighted by Gasteiger charge is 2.37. The molecule has 0 fully saturated rings. The van der Waals surface area contributed by atoms with Crippen LogP contribution in [0.3, 0.4) is 0 Å². The normalized spacial score (nSPS) is 15.9. The topological polar surface area (TPSA) is 101 Å². The highest BCUT2D eigenvalue weighted by atomic mass is 19.1.